The largest absolute Gasteiger partial charge is 0.491 e. The predicted molar refractivity (Wildman–Crippen MR) is 113 cm³/mol. The van der Waals surface area contributed by atoms with Crippen molar-refractivity contribution in [1.29, 1.82) is 0 Å². The Hall–Kier alpha value is -3.52. The summed E-state index contributed by atoms with van der Waals surface area (Å²) in [6, 6.07) is 14.4. The number of nitrogens with zero attached hydrogens (tertiary/aromatic N) is 1. The Morgan fingerprint density at radius 3 is 2.66 bits per heavy atom. The summed E-state index contributed by atoms with van der Waals surface area (Å²) in [6.45, 7) is 1.20. The van der Waals surface area contributed by atoms with Crippen molar-refractivity contribution in [3.05, 3.63) is 94.8 Å². The molecule has 0 fully saturated rings. The van der Waals surface area contributed by atoms with E-state index in [4.69, 9.17) is 9.47 Å². The Morgan fingerprint density at radius 1 is 1.00 bits per heavy atom. The molecule has 3 aromatic carbocycles. The summed E-state index contributed by atoms with van der Waals surface area (Å²) in [5.74, 6) is -1.24. The van der Waals surface area contributed by atoms with Crippen LogP contribution in [-0.2, 0) is 24.5 Å². The first-order valence-electron chi connectivity index (χ1n) is 10.1. The maximum atomic E-state index is 13.9. The molecule has 0 spiro atoms. The van der Waals surface area contributed by atoms with Gasteiger partial charge in [0.1, 0.15) is 29.8 Å². The topological polar surface area (TPSA) is 50.8 Å². The number of anilines is 1. The minimum Gasteiger partial charge on any atom is -0.491 e. The highest BCUT2D eigenvalue weighted by molar-refractivity contribution is 5.89. The molecule has 1 aliphatic heterocycles. The summed E-state index contributed by atoms with van der Waals surface area (Å²) < 4.78 is 52.1. The van der Waals surface area contributed by atoms with Crippen molar-refractivity contribution in [1.82, 2.24) is 4.90 Å². The normalized spacial score (nSPS) is 13.2. The van der Waals surface area contributed by atoms with Gasteiger partial charge in [-0.25, -0.2) is 18.0 Å². The zero-order valence-corrected chi connectivity index (χ0v) is 17.1. The number of amides is 2. The first-order chi connectivity index (χ1) is 15.5. The number of hydrogen-bond donors (Lipinski definition) is 1. The average molecular weight is 442 g/mol. The highest BCUT2D eigenvalue weighted by Gasteiger charge is 2.21. The van der Waals surface area contributed by atoms with Gasteiger partial charge in [0.15, 0.2) is 0 Å². The van der Waals surface area contributed by atoms with Crippen LogP contribution >= 0.6 is 0 Å². The van der Waals surface area contributed by atoms with E-state index in [1.54, 1.807) is 24.3 Å². The van der Waals surface area contributed by atoms with E-state index >= 15 is 0 Å². The summed E-state index contributed by atoms with van der Waals surface area (Å²) in [5.41, 5.74) is 1.98. The second kappa shape index (κ2) is 9.74. The number of fused-ring (bicyclic) bond motifs is 1. The fourth-order valence-corrected chi connectivity index (χ4v) is 3.39. The van der Waals surface area contributed by atoms with Gasteiger partial charge in [0.2, 0.25) is 0 Å². The first kappa shape index (κ1) is 21.7. The van der Waals surface area contributed by atoms with Gasteiger partial charge < -0.3 is 19.7 Å². The Balaban J connectivity index is 1.41. The number of benzene rings is 3. The minimum absolute atomic E-state index is 0.0999. The third-order valence-corrected chi connectivity index (χ3v) is 5.05. The van der Waals surface area contributed by atoms with E-state index in [-0.39, 0.29) is 37.9 Å². The molecule has 8 heteroatoms. The number of halogens is 3. The van der Waals surface area contributed by atoms with Crippen molar-refractivity contribution in [2.24, 2.45) is 0 Å². The molecule has 0 aliphatic carbocycles. The van der Waals surface area contributed by atoms with Gasteiger partial charge in [-0.2, -0.15) is 0 Å². The van der Waals surface area contributed by atoms with E-state index in [0.29, 0.717) is 23.9 Å². The van der Waals surface area contributed by atoms with Crippen LogP contribution in [0.5, 0.6) is 5.75 Å². The number of urea groups is 1. The lowest BCUT2D eigenvalue weighted by Crippen LogP contribution is -2.36. The van der Waals surface area contributed by atoms with Gasteiger partial charge in [-0.15, -0.1) is 0 Å². The van der Waals surface area contributed by atoms with E-state index in [2.05, 4.69) is 5.32 Å². The Kier molecular flexibility index (Phi) is 6.61. The number of carbonyl (C=O) groups excluding carboxylic acids is 1. The third-order valence-electron chi connectivity index (χ3n) is 5.05. The molecule has 0 radical (unpaired) electrons. The van der Waals surface area contributed by atoms with Crippen LogP contribution in [0.15, 0.2) is 60.7 Å². The van der Waals surface area contributed by atoms with E-state index in [0.717, 1.165) is 17.2 Å². The molecule has 0 atom stereocenters. The SMILES string of the molecule is O=C(Nc1ccc(F)cc1F)N1CCOc2ccc(COCc3ccccc3F)cc2C1. The molecule has 2 amide bonds. The van der Waals surface area contributed by atoms with Gasteiger partial charge in [-0.05, 0) is 35.9 Å². The van der Waals surface area contributed by atoms with Crippen molar-refractivity contribution >= 4 is 11.7 Å². The smallest absolute Gasteiger partial charge is 0.322 e. The molecule has 0 unspecified atom stereocenters. The van der Waals surface area contributed by atoms with Crippen molar-refractivity contribution in [3.8, 4) is 5.75 Å². The molecule has 0 bridgehead atoms. The second-order valence-corrected chi connectivity index (χ2v) is 7.35. The Bertz CT molecular complexity index is 1120. The molecule has 0 saturated heterocycles. The van der Waals surface area contributed by atoms with Crippen LogP contribution in [0.1, 0.15) is 16.7 Å². The minimum atomic E-state index is -0.848. The zero-order chi connectivity index (χ0) is 22.5. The highest BCUT2D eigenvalue weighted by Crippen LogP contribution is 2.26. The van der Waals surface area contributed by atoms with Crippen LogP contribution in [0.25, 0.3) is 0 Å². The first-order valence-corrected chi connectivity index (χ1v) is 10.1. The Labute approximate surface area is 183 Å². The highest BCUT2D eigenvalue weighted by atomic mass is 19.1. The van der Waals surface area contributed by atoms with Crippen LogP contribution in [0.4, 0.5) is 23.7 Å². The van der Waals surface area contributed by atoms with Crippen LogP contribution in [0, 0.1) is 17.5 Å². The lowest BCUT2D eigenvalue weighted by Gasteiger charge is -2.21. The zero-order valence-electron chi connectivity index (χ0n) is 17.1. The van der Waals surface area contributed by atoms with E-state index in [1.165, 1.54) is 17.0 Å². The molecule has 0 saturated carbocycles. The van der Waals surface area contributed by atoms with E-state index < -0.39 is 17.7 Å². The fourth-order valence-electron chi connectivity index (χ4n) is 3.39. The van der Waals surface area contributed by atoms with Gasteiger partial charge in [0.25, 0.3) is 0 Å². The summed E-state index contributed by atoms with van der Waals surface area (Å²) >= 11 is 0. The van der Waals surface area contributed by atoms with Gasteiger partial charge in [-0.1, -0.05) is 24.3 Å². The van der Waals surface area contributed by atoms with Crippen molar-refractivity contribution in [2.75, 3.05) is 18.5 Å². The Morgan fingerprint density at radius 2 is 1.84 bits per heavy atom. The lowest BCUT2D eigenvalue weighted by molar-refractivity contribution is 0.105. The summed E-state index contributed by atoms with van der Waals surface area (Å²) in [5, 5.41) is 2.47. The lowest BCUT2D eigenvalue weighted by atomic mass is 10.1. The summed E-state index contributed by atoms with van der Waals surface area (Å²) in [6.07, 6.45) is 0. The number of rotatable bonds is 5. The number of nitrogens with one attached hydrogen (secondary N) is 1. The maximum absolute atomic E-state index is 13.9. The van der Waals surface area contributed by atoms with Crippen molar-refractivity contribution in [2.45, 2.75) is 19.8 Å². The standard InChI is InChI=1S/C24H21F3N2O3/c25-19-6-7-22(21(27)12-19)28-24(30)29-9-10-32-23-8-5-16(11-18(23)13-29)14-31-15-17-3-1-2-4-20(17)26/h1-8,11-12H,9-10,13-15H2,(H,28,30). The van der Waals surface area contributed by atoms with Gasteiger partial charge in [-0.3, -0.25) is 0 Å². The monoisotopic (exact) mass is 442 g/mol. The average Bonchev–Trinajstić information content (AvgIpc) is 2.99. The molecule has 166 valence electrons. The van der Waals surface area contributed by atoms with Crippen LogP contribution in [0.3, 0.4) is 0 Å². The summed E-state index contributed by atoms with van der Waals surface area (Å²) in [4.78, 5) is 14.1. The molecule has 3 aromatic rings. The molecule has 32 heavy (non-hydrogen) atoms. The molecule has 1 heterocycles. The van der Waals surface area contributed by atoms with Crippen molar-refractivity contribution < 1.29 is 27.4 Å². The molecular weight excluding hydrogens is 421 g/mol. The van der Waals surface area contributed by atoms with Gasteiger partial charge in [0.05, 0.1) is 32.0 Å². The van der Waals surface area contributed by atoms with Crippen molar-refractivity contribution in [3.63, 3.8) is 0 Å². The quantitative estimate of drug-likeness (QED) is 0.588. The number of hydrogen-bond acceptors (Lipinski definition) is 3. The molecular formula is C24H21F3N2O3. The van der Waals surface area contributed by atoms with E-state index in [9.17, 15) is 18.0 Å². The molecule has 0 aromatic heterocycles. The fraction of sp³-hybridized carbons (Fsp3) is 0.208. The predicted octanol–water partition coefficient (Wildman–Crippen LogP) is 5.25. The van der Waals surface area contributed by atoms with Crippen LogP contribution in [0.2, 0.25) is 0 Å². The molecule has 4 rings (SSSR count). The second-order valence-electron chi connectivity index (χ2n) is 7.35. The number of ether oxygens (including phenoxy) is 2. The van der Waals surface area contributed by atoms with Gasteiger partial charge in [0, 0.05) is 17.2 Å². The summed E-state index contributed by atoms with van der Waals surface area (Å²) in [7, 11) is 0. The molecule has 5 nitrogen and oxygen atoms in total. The maximum Gasteiger partial charge on any atom is 0.322 e. The van der Waals surface area contributed by atoms with E-state index in [1.807, 2.05) is 12.1 Å². The number of carbonyl (C=O) groups is 1. The molecule has 1 N–H and O–H groups in total. The van der Waals surface area contributed by atoms with Crippen LogP contribution < -0.4 is 10.1 Å². The third kappa shape index (κ3) is 5.20. The van der Waals surface area contributed by atoms with Crippen LogP contribution in [-0.4, -0.2) is 24.1 Å². The molecule has 1 aliphatic rings. The van der Waals surface area contributed by atoms with Gasteiger partial charge >= 0.3 is 6.03 Å².